The van der Waals surface area contributed by atoms with Gasteiger partial charge in [0.05, 0.1) is 18.8 Å². The Morgan fingerprint density at radius 1 is 1.28 bits per heavy atom. The second-order valence-corrected chi connectivity index (χ2v) is 3.73. The van der Waals surface area contributed by atoms with Gasteiger partial charge < -0.3 is 14.6 Å². The van der Waals surface area contributed by atoms with Gasteiger partial charge in [0.15, 0.2) is 0 Å². The van der Waals surface area contributed by atoms with E-state index >= 15 is 0 Å². The van der Waals surface area contributed by atoms with Crippen LogP contribution in [0, 0.1) is 0 Å². The molecular formula is C14H18O4. The largest absolute Gasteiger partial charge is 0.478 e. The third-order valence-corrected chi connectivity index (χ3v) is 2.32. The molecule has 0 fully saturated rings. The molecule has 1 rings (SSSR count). The maximum atomic E-state index is 10.9. The first-order valence-corrected chi connectivity index (χ1v) is 5.83. The molecule has 0 saturated carbocycles. The molecule has 0 aliphatic rings. The van der Waals surface area contributed by atoms with Gasteiger partial charge in [-0.1, -0.05) is 24.3 Å². The normalized spacial score (nSPS) is 10.2. The van der Waals surface area contributed by atoms with Gasteiger partial charge in [-0.15, -0.1) is 6.58 Å². The maximum Gasteiger partial charge on any atom is 0.336 e. The number of carboxylic acid groups (broad SMARTS) is 1. The van der Waals surface area contributed by atoms with Crippen molar-refractivity contribution in [2.24, 2.45) is 0 Å². The average molecular weight is 250 g/mol. The van der Waals surface area contributed by atoms with Crippen molar-refractivity contribution in [1.29, 1.82) is 0 Å². The zero-order valence-electron chi connectivity index (χ0n) is 10.3. The summed E-state index contributed by atoms with van der Waals surface area (Å²) in [6, 6.07) is 6.85. The Kier molecular flexibility index (Phi) is 6.76. The second-order valence-electron chi connectivity index (χ2n) is 3.73. The summed E-state index contributed by atoms with van der Waals surface area (Å²) in [4.78, 5) is 10.9. The lowest BCUT2D eigenvalue weighted by atomic mass is 10.1. The van der Waals surface area contributed by atoms with Crippen molar-refractivity contribution in [3.05, 3.63) is 48.0 Å². The number of hydrogen-bond donors (Lipinski definition) is 1. The lowest BCUT2D eigenvalue weighted by molar-refractivity contribution is 0.0676. The van der Waals surface area contributed by atoms with Gasteiger partial charge in [0, 0.05) is 13.2 Å². The van der Waals surface area contributed by atoms with Gasteiger partial charge >= 0.3 is 5.97 Å². The molecule has 0 bridgehead atoms. The molecule has 18 heavy (non-hydrogen) atoms. The molecule has 1 aromatic rings. The number of ether oxygens (including phenoxy) is 2. The van der Waals surface area contributed by atoms with E-state index in [2.05, 4.69) is 6.58 Å². The summed E-state index contributed by atoms with van der Waals surface area (Å²) in [6.45, 7) is 5.57. The number of benzene rings is 1. The Balaban J connectivity index is 2.27. The molecule has 0 atom stereocenters. The van der Waals surface area contributed by atoms with E-state index in [-0.39, 0.29) is 0 Å². The molecule has 0 spiro atoms. The molecule has 0 aliphatic carbocycles. The Labute approximate surface area is 107 Å². The third-order valence-electron chi connectivity index (χ3n) is 2.32. The van der Waals surface area contributed by atoms with Crippen LogP contribution in [0.3, 0.4) is 0 Å². The number of rotatable bonds is 9. The predicted molar refractivity (Wildman–Crippen MR) is 68.7 cm³/mol. The smallest absolute Gasteiger partial charge is 0.336 e. The minimum absolute atomic E-state index is 0.292. The van der Waals surface area contributed by atoms with Gasteiger partial charge in [0.1, 0.15) is 0 Å². The van der Waals surface area contributed by atoms with Crippen molar-refractivity contribution in [3.8, 4) is 0 Å². The zero-order chi connectivity index (χ0) is 13.2. The Morgan fingerprint density at radius 2 is 2.00 bits per heavy atom. The molecular weight excluding hydrogens is 232 g/mol. The highest BCUT2D eigenvalue weighted by molar-refractivity contribution is 5.89. The van der Waals surface area contributed by atoms with E-state index in [4.69, 9.17) is 14.6 Å². The van der Waals surface area contributed by atoms with E-state index < -0.39 is 5.97 Å². The van der Waals surface area contributed by atoms with Crippen LogP contribution in [0.4, 0.5) is 0 Å². The molecule has 0 unspecified atom stereocenters. The monoisotopic (exact) mass is 250 g/mol. The van der Waals surface area contributed by atoms with E-state index in [9.17, 15) is 4.79 Å². The summed E-state index contributed by atoms with van der Waals surface area (Å²) in [5.74, 6) is -0.927. The standard InChI is InChI=1S/C14H18O4/c1-2-8-17-9-5-10-18-11-12-6-3-4-7-13(12)14(15)16/h2-4,6-7H,1,5,8-11H2,(H,15,16). The zero-order valence-corrected chi connectivity index (χ0v) is 10.3. The Hall–Kier alpha value is -1.65. The van der Waals surface area contributed by atoms with Gasteiger partial charge in [0.2, 0.25) is 0 Å². The first-order valence-electron chi connectivity index (χ1n) is 5.83. The molecule has 0 aliphatic heterocycles. The van der Waals surface area contributed by atoms with Crippen LogP contribution >= 0.6 is 0 Å². The molecule has 0 aromatic heterocycles. The van der Waals surface area contributed by atoms with Crippen molar-refractivity contribution >= 4 is 5.97 Å². The highest BCUT2D eigenvalue weighted by Crippen LogP contribution is 2.10. The minimum Gasteiger partial charge on any atom is -0.478 e. The van der Waals surface area contributed by atoms with Gasteiger partial charge in [-0.3, -0.25) is 0 Å². The van der Waals surface area contributed by atoms with Crippen molar-refractivity contribution in [1.82, 2.24) is 0 Å². The van der Waals surface area contributed by atoms with Crippen LogP contribution in [0.15, 0.2) is 36.9 Å². The first-order chi connectivity index (χ1) is 8.75. The van der Waals surface area contributed by atoms with Crippen molar-refractivity contribution in [2.75, 3.05) is 19.8 Å². The van der Waals surface area contributed by atoms with E-state index in [1.807, 2.05) is 0 Å². The molecule has 1 N–H and O–H groups in total. The average Bonchev–Trinajstić information content (AvgIpc) is 2.38. The van der Waals surface area contributed by atoms with Crippen molar-refractivity contribution < 1.29 is 19.4 Å². The molecule has 98 valence electrons. The molecule has 1 aromatic carbocycles. The molecule has 0 heterocycles. The van der Waals surface area contributed by atoms with Crippen molar-refractivity contribution in [2.45, 2.75) is 13.0 Å². The number of hydrogen-bond acceptors (Lipinski definition) is 3. The summed E-state index contributed by atoms with van der Waals surface area (Å²) < 4.78 is 10.6. The topological polar surface area (TPSA) is 55.8 Å². The van der Waals surface area contributed by atoms with Gasteiger partial charge in [-0.2, -0.15) is 0 Å². The highest BCUT2D eigenvalue weighted by atomic mass is 16.5. The van der Waals surface area contributed by atoms with Crippen molar-refractivity contribution in [3.63, 3.8) is 0 Å². The highest BCUT2D eigenvalue weighted by Gasteiger charge is 2.08. The van der Waals surface area contributed by atoms with E-state index in [0.29, 0.717) is 37.6 Å². The Bertz CT molecular complexity index is 387. The van der Waals surface area contributed by atoms with Crippen LogP contribution in [-0.4, -0.2) is 30.9 Å². The molecule has 0 radical (unpaired) electrons. The maximum absolute atomic E-state index is 10.9. The fraction of sp³-hybridized carbons (Fsp3) is 0.357. The summed E-state index contributed by atoms with van der Waals surface area (Å²) in [7, 11) is 0. The van der Waals surface area contributed by atoms with Crippen LogP contribution in [0.1, 0.15) is 22.3 Å². The quantitative estimate of drug-likeness (QED) is 0.540. The van der Waals surface area contributed by atoms with Gasteiger partial charge in [-0.25, -0.2) is 4.79 Å². The number of carboxylic acids is 1. The molecule has 0 amide bonds. The van der Waals surface area contributed by atoms with Crippen LogP contribution in [0.25, 0.3) is 0 Å². The third kappa shape index (κ3) is 5.12. The number of carbonyl (C=O) groups is 1. The number of aromatic carboxylic acids is 1. The summed E-state index contributed by atoms with van der Waals surface area (Å²) in [5, 5.41) is 8.98. The summed E-state index contributed by atoms with van der Waals surface area (Å²) >= 11 is 0. The van der Waals surface area contributed by atoms with Crippen LogP contribution in [-0.2, 0) is 16.1 Å². The van der Waals surface area contributed by atoms with Gasteiger partial charge in [0.25, 0.3) is 0 Å². The Morgan fingerprint density at radius 3 is 2.72 bits per heavy atom. The van der Waals surface area contributed by atoms with Crippen LogP contribution < -0.4 is 0 Å². The fourth-order valence-corrected chi connectivity index (χ4v) is 1.47. The summed E-state index contributed by atoms with van der Waals surface area (Å²) in [6.07, 6.45) is 2.48. The molecule has 4 nitrogen and oxygen atoms in total. The van der Waals surface area contributed by atoms with E-state index in [0.717, 1.165) is 6.42 Å². The lowest BCUT2D eigenvalue weighted by Crippen LogP contribution is -2.05. The molecule has 0 saturated heterocycles. The van der Waals surface area contributed by atoms with Crippen LogP contribution in [0.5, 0.6) is 0 Å². The predicted octanol–water partition coefficient (Wildman–Crippen LogP) is 2.49. The SMILES string of the molecule is C=CCOCCCOCc1ccccc1C(=O)O. The first kappa shape index (κ1) is 14.4. The fourth-order valence-electron chi connectivity index (χ4n) is 1.47. The van der Waals surface area contributed by atoms with Crippen LogP contribution in [0.2, 0.25) is 0 Å². The molecule has 4 heteroatoms. The van der Waals surface area contributed by atoms with Gasteiger partial charge in [-0.05, 0) is 18.1 Å². The van der Waals surface area contributed by atoms with E-state index in [1.54, 1.807) is 30.3 Å². The lowest BCUT2D eigenvalue weighted by Gasteiger charge is -2.07. The summed E-state index contributed by atoms with van der Waals surface area (Å²) in [5.41, 5.74) is 0.984. The van der Waals surface area contributed by atoms with E-state index in [1.165, 1.54) is 0 Å². The second kappa shape index (κ2) is 8.44. The minimum atomic E-state index is -0.927.